The molecule has 1 saturated heterocycles. The molecule has 1 atom stereocenters. The zero-order valence-corrected chi connectivity index (χ0v) is 15.4. The number of aliphatic imine (C=N–C) groups is 1. The first-order chi connectivity index (χ1) is 11.5. The quantitative estimate of drug-likeness (QED) is 0.836. The van der Waals surface area contributed by atoms with Crippen molar-refractivity contribution in [2.45, 2.75) is 25.5 Å². The topological polar surface area (TPSA) is 71.0 Å². The molecule has 1 N–H and O–H groups in total. The van der Waals surface area contributed by atoms with Gasteiger partial charge < -0.3 is 10.1 Å². The molecule has 6 nitrogen and oxygen atoms in total. The number of rotatable bonds is 6. The molecule has 0 aromatic heterocycles. The molecule has 0 radical (unpaired) electrons. The summed E-state index contributed by atoms with van der Waals surface area (Å²) in [4.78, 5) is 30.6. The Morgan fingerprint density at radius 1 is 1.46 bits per heavy atom. The molecule has 0 saturated carbocycles. The number of amides is 2. The molecule has 24 heavy (non-hydrogen) atoms. The van der Waals surface area contributed by atoms with E-state index in [0.29, 0.717) is 34.7 Å². The van der Waals surface area contributed by atoms with Gasteiger partial charge in [-0.15, -0.1) is 0 Å². The smallest absolute Gasteiger partial charge is 0.242 e. The van der Waals surface area contributed by atoms with Crippen LogP contribution >= 0.6 is 23.4 Å². The summed E-state index contributed by atoms with van der Waals surface area (Å²) in [5.41, 5.74) is 0.486. The van der Waals surface area contributed by atoms with E-state index in [1.165, 1.54) is 18.9 Å². The van der Waals surface area contributed by atoms with Gasteiger partial charge in [0, 0.05) is 24.5 Å². The number of hydrogen-bond acceptors (Lipinski definition) is 5. The number of amidine groups is 1. The van der Waals surface area contributed by atoms with E-state index in [1.807, 2.05) is 13.8 Å². The van der Waals surface area contributed by atoms with E-state index in [2.05, 4.69) is 10.3 Å². The fraction of sp³-hybridized carbons (Fsp3) is 0.438. The highest BCUT2D eigenvalue weighted by Crippen LogP contribution is 2.31. The predicted octanol–water partition coefficient (Wildman–Crippen LogP) is 3.02. The Hall–Kier alpha value is -1.73. The zero-order valence-electron chi connectivity index (χ0n) is 13.8. The first-order valence-corrected chi connectivity index (χ1v) is 8.91. The molecule has 1 aliphatic rings. The summed E-state index contributed by atoms with van der Waals surface area (Å²) in [6.45, 7) is 4.95. The Kier molecular flexibility index (Phi) is 6.51. The highest BCUT2D eigenvalue weighted by molar-refractivity contribution is 8.15. The van der Waals surface area contributed by atoms with Crippen molar-refractivity contribution in [3.8, 4) is 5.75 Å². The van der Waals surface area contributed by atoms with E-state index in [0.717, 1.165) is 0 Å². The average Bonchev–Trinajstić information content (AvgIpc) is 2.83. The second-order valence-electron chi connectivity index (χ2n) is 5.04. The minimum absolute atomic E-state index is 0.0679. The van der Waals surface area contributed by atoms with Gasteiger partial charge in [0.25, 0.3) is 0 Å². The third-order valence-electron chi connectivity index (χ3n) is 3.44. The van der Waals surface area contributed by atoms with E-state index in [9.17, 15) is 9.59 Å². The van der Waals surface area contributed by atoms with Gasteiger partial charge in [0.2, 0.25) is 11.8 Å². The second-order valence-corrected chi connectivity index (χ2v) is 6.65. The van der Waals surface area contributed by atoms with Crippen molar-refractivity contribution in [1.29, 1.82) is 0 Å². The first kappa shape index (κ1) is 18.6. The normalized spacial score (nSPS) is 19.0. The van der Waals surface area contributed by atoms with Crippen LogP contribution in [0.3, 0.4) is 0 Å². The van der Waals surface area contributed by atoms with Crippen molar-refractivity contribution in [2.75, 3.05) is 25.5 Å². The van der Waals surface area contributed by atoms with Gasteiger partial charge >= 0.3 is 0 Å². The van der Waals surface area contributed by atoms with Crippen LogP contribution in [0.2, 0.25) is 5.02 Å². The standard InChI is InChI=1S/C16H20ClN3O3S/c1-4-18-16-20(5-2)15(22)13(24-16)9-14(21)19-11-8-10(17)6-7-12(11)23-3/h6-8,13H,4-5,9H2,1-3H3,(H,19,21). The van der Waals surface area contributed by atoms with Crippen LogP contribution in [-0.4, -0.2) is 47.3 Å². The fourth-order valence-corrected chi connectivity index (χ4v) is 3.77. The first-order valence-electron chi connectivity index (χ1n) is 7.66. The summed E-state index contributed by atoms with van der Waals surface area (Å²) in [5, 5.41) is 3.48. The molecule has 0 aliphatic carbocycles. The van der Waals surface area contributed by atoms with Gasteiger partial charge in [0.05, 0.1) is 12.8 Å². The summed E-state index contributed by atoms with van der Waals surface area (Å²) in [5.74, 6) is 0.166. The lowest BCUT2D eigenvalue weighted by molar-refractivity contribution is -0.128. The van der Waals surface area contributed by atoms with Gasteiger partial charge in [-0.3, -0.25) is 19.5 Å². The molecule has 2 amide bonds. The largest absolute Gasteiger partial charge is 0.495 e. The number of anilines is 1. The van der Waals surface area contributed by atoms with Crippen molar-refractivity contribution in [2.24, 2.45) is 4.99 Å². The lowest BCUT2D eigenvalue weighted by Gasteiger charge is -2.13. The highest BCUT2D eigenvalue weighted by atomic mass is 35.5. The van der Waals surface area contributed by atoms with E-state index in [4.69, 9.17) is 16.3 Å². The summed E-state index contributed by atoms with van der Waals surface area (Å²) >= 11 is 7.29. The number of ether oxygens (including phenoxy) is 1. The molecule has 0 bridgehead atoms. The monoisotopic (exact) mass is 369 g/mol. The minimum atomic E-state index is -0.458. The fourth-order valence-electron chi connectivity index (χ4n) is 2.33. The SMILES string of the molecule is CCN=C1SC(CC(=O)Nc2cc(Cl)ccc2OC)C(=O)N1CC. The Labute approximate surface area is 150 Å². The summed E-state index contributed by atoms with van der Waals surface area (Å²) in [6, 6.07) is 4.97. The van der Waals surface area contributed by atoms with E-state index in [1.54, 1.807) is 23.1 Å². The van der Waals surface area contributed by atoms with Gasteiger partial charge in [0.1, 0.15) is 11.0 Å². The summed E-state index contributed by atoms with van der Waals surface area (Å²) in [7, 11) is 1.52. The van der Waals surface area contributed by atoms with Crippen molar-refractivity contribution >= 4 is 46.0 Å². The van der Waals surface area contributed by atoms with Crippen LogP contribution in [0.5, 0.6) is 5.75 Å². The lowest BCUT2D eigenvalue weighted by atomic mass is 10.2. The Morgan fingerprint density at radius 2 is 2.21 bits per heavy atom. The maximum Gasteiger partial charge on any atom is 0.242 e. The summed E-state index contributed by atoms with van der Waals surface area (Å²) in [6.07, 6.45) is 0.0679. The molecule has 2 rings (SSSR count). The van der Waals surface area contributed by atoms with Gasteiger partial charge in [-0.2, -0.15) is 0 Å². The number of thioether (sulfide) groups is 1. The van der Waals surface area contributed by atoms with Crippen molar-refractivity contribution in [3.05, 3.63) is 23.2 Å². The molecule has 1 aliphatic heterocycles. The number of halogens is 1. The molecule has 1 heterocycles. The third kappa shape index (κ3) is 4.21. The Bertz CT molecular complexity index is 666. The number of nitrogens with one attached hydrogen (secondary N) is 1. The van der Waals surface area contributed by atoms with Crippen LogP contribution in [0, 0.1) is 0 Å². The highest BCUT2D eigenvalue weighted by Gasteiger charge is 2.38. The van der Waals surface area contributed by atoms with Gasteiger partial charge in [-0.05, 0) is 32.0 Å². The number of carbonyl (C=O) groups is 2. The number of methoxy groups -OCH3 is 1. The lowest BCUT2D eigenvalue weighted by Crippen LogP contribution is -2.33. The molecule has 1 fully saturated rings. The zero-order chi connectivity index (χ0) is 17.7. The minimum Gasteiger partial charge on any atom is -0.495 e. The second kappa shape index (κ2) is 8.39. The number of carbonyl (C=O) groups excluding carboxylic acids is 2. The van der Waals surface area contributed by atoms with Crippen LogP contribution in [0.25, 0.3) is 0 Å². The summed E-state index contributed by atoms with van der Waals surface area (Å²) < 4.78 is 5.20. The molecule has 8 heteroatoms. The molecular weight excluding hydrogens is 350 g/mol. The van der Waals surface area contributed by atoms with Crippen LogP contribution in [-0.2, 0) is 9.59 Å². The molecular formula is C16H20ClN3O3S. The van der Waals surface area contributed by atoms with Crippen molar-refractivity contribution in [3.63, 3.8) is 0 Å². The number of benzene rings is 1. The molecule has 1 aromatic carbocycles. The Balaban J connectivity index is 2.06. The molecule has 1 aromatic rings. The predicted molar refractivity (Wildman–Crippen MR) is 98.0 cm³/mol. The van der Waals surface area contributed by atoms with Gasteiger partial charge in [-0.25, -0.2) is 0 Å². The molecule has 130 valence electrons. The van der Waals surface area contributed by atoms with Crippen LogP contribution in [0.1, 0.15) is 20.3 Å². The van der Waals surface area contributed by atoms with E-state index >= 15 is 0 Å². The van der Waals surface area contributed by atoms with E-state index < -0.39 is 5.25 Å². The van der Waals surface area contributed by atoms with Gasteiger partial charge in [0.15, 0.2) is 5.17 Å². The maximum atomic E-state index is 12.4. The average molecular weight is 370 g/mol. The van der Waals surface area contributed by atoms with Crippen molar-refractivity contribution < 1.29 is 14.3 Å². The maximum absolute atomic E-state index is 12.4. The van der Waals surface area contributed by atoms with Crippen LogP contribution in [0.15, 0.2) is 23.2 Å². The third-order valence-corrected chi connectivity index (χ3v) is 4.88. The van der Waals surface area contributed by atoms with Crippen LogP contribution < -0.4 is 10.1 Å². The number of hydrogen-bond donors (Lipinski definition) is 1. The molecule has 0 spiro atoms. The van der Waals surface area contributed by atoms with Crippen molar-refractivity contribution in [1.82, 2.24) is 4.90 Å². The molecule has 1 unspecified atom stereocenters. The van der Waals surface area contributed by atoms with E-state index in [-0.39, 0.29) is 18.2 Å². The Morgan fingerprint density at radius 3 is 2.83 bits per heavy atom. The number of nitrogens with zero attached hydrogens (tertiary/aromatic N) is 2. The van der Waals surface area contributed by atoms with Gasteiger partial charge in [-0.1, -0.05) is 23.4 Å². The van der Waals surface area contributed by atoms with Crippen LogP contribution in [0.4, 0.5) is 5.69 Å².